The van der Waals surface area contributed by atoms with E-state index < -0.39 is 5.97 Å². The molecular formula is C16H30N2O3. The van der Waals surface area contributed by atoms with Crippen molar-refractivity contribution in [3.8, 4) is 0 Å². The van der Waals surface area contributed by atoms with Crippen molar-refractivity contribution in [2.24, 2.45) is 11.8 Å². The molecule has 0 bridgehead atoms. The van der Waals surface area contributed by atoms with Gasteiger partial charge < -0.3 is 14.7 Å². The Balaban J connectivity index is 1.79. The number of morpholine rings is 1. The highest BCUT2D eigenvalue weighted by Gasteiger charge is 2.28. The average molecular weight is 298 g/mol. The molecule has 0 saturated carbocycles. The lowest BCUT2D eigenvalue weighted by Crippen LogP contribution is -2.49. The highest BCUT2D eigenvalue weighted by atomic mass is 16.5. The lowest BCUT2D eigenvalue weighted by atomic mass is 9.84. The van der Waals surface area contributed by atoms with Crippen LogP contribution in [0.15, 0.2) is 0 Å². The maximum Gasteiger partial charge on any atom is 0.303 e. The van der Waals surface area contributed by atoms with Gasteiger partial charge in [-0.25, -0.2) is 0 Å². The monoisotopic (exact) mass is 298 g/mol. The van der Waals surface area contributed by atoms with E-state index in [0.717, 1.165) is 52.3 Å². The second-order valence-electron chi connectivity index (χ2n) is 6.62. The maximum absolute atomic E-state index is 10.9. The zero-order valence-corrected chi connectivity index (χ0v) is 13.5. The van der Waals surface area contributed by atoms with Crippen LogP contribution < -0.4 is 0 Å². The first-order valence-corrected chi connectivity index (χ1v) is 8.36. The number of ether oxygens (including phenoxy) is 1. The van der Waals surface area contributed by atoms with Gasteiger partial charge in [-0.15, -0.1) is 0 Å². The normalized spacial score (nSPS) is 30.2. The Bertz CT molecular complexity index is 337. The summed E-state index contributed by atoms with van der Waals surface area (Å²) in [5.74, 6) is 0.110. The van der Waals surface area contributed by atoms with Gasteiger partial charge in [0.2, 0.25) is 0 Å². The Hall–Kier alpha value is -0.650. The van der Waals surface area contributed by atoms with Crippen LogP contribution in [0.4, 0.5) is 0 Å². The molecule has 5 heteroatoms. The van der Waals surface area contributed by atoms with Gasteiger partial charge in [0.15, 0.2) is 0 Å². The van der Waals surface area contributed by atoms with Crippen molar-refractivity contribution in [1.82, 2.24) is 9.80 Å². The Morgan fingerprint density at radius 1 is 1.33 bits per heavy atom. The Morgan fingerprint density at radius 2 is 2.14 bits per heavy atom. The smallest absolute Gasteiger partial charge is 0.303 e. The molecule has 0 amide bonds. The van der Waals surface area contributed by atoms with Crippen LogP contribution in [0.25, 0.3) is 0 Å². The molecule has 2 rings (SSSR count). The number of hydrogen-bond acceptors (Lipinski definition) is 4. The number of likely N-dealkylation sites (N-methyl/N-ethyl adjacent to an activating group) is 1. The van der Waals surface area contributed by atoms with Crippen molar-refractivity contribution >= 4 is 5.97 Å². The van der Waals surface area contributed by atoms with E-state index in [1.165, 1.54) is 6.42 Å². The summed E-state index contributed by atoms with van der Waals surface area (Å²) < 4.78 is 5.90. The van der Waals surface area contributed by atoms with Crippen LogP contribution in [0.3, 0.4) is 0 Å². The fourth-order valence-electron chi connectivity index (χ4n) is 3.63. The van der Waals surface area contributed by atoms with Crippen LogP contribution in [-0.2, 0) is 9.53 Å². The van der Waals surface area contributed by atoms with E-state index in [4.69, 9.17) is 9.84 Å². The second-order valence-corrected chi connectivity index (χ2v) is 6.62. The van der Waals surface area contributed by atoms with Crippen molar-refractivity contribution in [1.29, 1.82) is 0 Å². The van der Waals surface area contributed by atoms with E-state index in [1.807, 2.05) is 0 Å². The number of piperidine rings is 1. The summed E-state index contributed by atoms with van der Waals surface area (Å²) in [5, 5.41) is 8.96. The van der Waals surface area contributed by atoms with Gasteiger partial charge in [0, 0.05) is 32.6 Å². The fourth-order valence-corrected chi connectivity index (χ4v) is 3.63. The van der Waals surface area contributed by atoms with Crippen molar-refractivity contribution in [2.75, 3.05) is 45.9 Å². The number of aliphatic carboxylic acids is 1. The third-order valence-electron chi connectivity index (χ3n) is 4.98. The number of carboxylic acid groups (broad SMARTS) is 1. The first kappa shape index (κ1) is 16.7. The van der Waals surface area contributed by atoms with Gasteiger partial charge in [0.25, 0.3) is 0 Å². The molecule has 2 saturated heterocycles. The SMILES string of the molecule is CCN1CCOC(CN2CCCC(C(C)CC(=O)O)C2)C1. The van der Waals surface area contributed by atoms with Gasteiger partial charge in [0.05, 0.1) is 12.7 Å². The number of likely N-dealkylation sites (tertiary alicyclic amines) is 1. The van der Waals surface area contributed by atoms with Gasteiger partial charge in [-0.05, 0) is 37.8 Å². The number of carbonyl (C=O) groups is 1. The topological polar surface area (TPSA) is 53.0 Å². The summed E-state index contributed by atoms with van der Waals surface area (Å²) in [6.45, 7) is 11.4. The quantitative estimate of drug-likeness (QED) is 0.806. The van der Waals surface area contributed by atoms with E-state index in [9.17, 15) is 4.79 Å². The minimum absolute atomic E-state index is 0.268. The molecule has 0 radical (unpaired) electrons. The second kappa shape index (κ2) is 8.11. The standard InChI is InChI=1S/C16H30N2O3/c1-3-17-7-8-21-15(11-17)12-18-6-4-5-14(10-18)13(2)9-16(19)20/h13-15H,3-12H2,1-2H3,(H,19,20). The molecule has 5 nitrogen and oxygen atoms in total. The number of nitrogens with zero attached hydrogens (tertiary/aromatic N) is 2. The third kappa shape index (κ3) is 5.24. The van der Waals surface area contributed by atoms with Crippen molar-refractivity contribution in [3.05, 3.63) is 0 Å². The predicted octanol–water partition coefficient (Wildman–Crippen LogP) is 1.53. The Morgan fingerprint density at radius 3 is 2.86 bits per heavy atom. The molecule has 0 spiro atoms. The molecule has 3 unspecified atom stereocenters. The van der Waals surface area contributed by atoms with Crippen LogP contribution in [0.5, 0.6) is 0 Å². The van der Waals surface area contributed by atoms with Gasteiger partial charge in [-0.3, -0.25) is 9.69 Å². The van der Waals surface area contributed by atoms with Crippen molar-refractivity contribution < 1.29 is 14.6 Å². The van der Waals surface area contributed by atoms with Crippen LogP contribution in [0.1, 0.15) is 33.1 Å². The minimum Gasteiger partial charge on any atom is -0.481 e. The summed E-state index contributed by atoms with van der Waals surface area (Å²) >= 11 is 0. The van der Waals surface area contributed by atoms with E-state index in [2.05, 4.69) is 23.6 Å². The molecule has 0 aliphatic carbocycles. The molecule has 3 atom stereocenters. The van der Waals surface area contributed by atoms with E-state index in [0.29, 0.717) is 18.4 Å². The number of rotatable bonds is 6. The third-order valence-corrected chi connectivity index (χ3v) is 4.98. The molecule has 2 aliphatic rings. The van der Waals surface area contributed by atoms with Gasteiger partial charge in [0.1, 0.15) is 0 Å². The van der Waals surface area contributed by atoms with Crippen LogP contribution in [-0.4, -0.2) is 72.9 Å². The van der Waals surface area contributed by atoms with E-state index in [-0.39, 0.29) is 5.92 Å². The molecule has 1 N–H and O–H groups in total. The largest absolute Gasteiger partial charge is 0.481 e. The lowest BCUT2D eigenvalue weighted by molar-refractivity contribution is -0.138. The van der Waals surface area contributed by atoms with Crippen molar-refractivity contribution in [2.45, 2.75) is 39.2 Å². The summed E-state index contributed by atoms with van der Waals surface area (Å²) in [4.78, 5) is 15.8. The number of carboxylic acids is 1. The average Bonchev–Trinajstić information content (AvgIpc) is 2.47. The summed E-state index contributed by atoms with van der Waals surface area (Å²) in [6.07, 6.45) is 2.95. The van der Waals surface area contributed by atoms with Gasteiger partial charge in [-0.2, -0.15) is 0 Å². The summed E-state index contributed by atoms with van der Waals surface area (Å²) in [5.41, 5.74) is 0. The molecular weight excluding hydrogens is 268 g/mol. The minimum atomic E-state index is -0.672. The van der Waals surface area contributed by atoms with E-state index in [1.54, 1.807) is 0 Å². The first-order valence-electron chi connectivity index (χ1n) is 8.36. The molecule has 122 valence electrons. The molecule has 0 aromatic carbocycles. The fraction of sp³-hybridized carbons (Fsp3) is 0.938. The zero-order chi connectivity index (χ0) is 15.2. The molecule has 21 heavy (non-hydrogen) atoms. The number of hydrogen-bond donors (Lipinski definition) is 1. The van der Waals surface area contributed by atoms with Gasteiger partial charge in [-0.1, -0.05) is 13.8 Å². The predicted molar refractivity (Wildman–Crippen MR) is 82.4 cm³/mol. The molecule has 0 aromatic rings. The highest BCUT2D eigenvalue weighted by Crippen LogP contribution is 2.26. The Labute approximate surface area is 128 Å². The summed E-state index contributed by atoms with van der Waals surface area (Å²) in [7, 11) is 0. The van der Waals surface area contributed by atoms with Gasteiger partial charge >= 0.3 is 5.97 Å². The summed E-state index contributed by atoms with van der Waals surface area (Å²) in [6, 6.07) is 0. The zero-order valence-electron chi connectivity index (χ0n) is 13.5. The highest BCUT2D eigenvalue weighted by molar-refractivity contribution is 5.67. The van der Waals surface area contributed by atoms with Crippen LogP contribution in [0.2, 0.25) is 0 Å². The Kier molecular flexibility index (Phi) is 6.45. The first-order chi connectivity index (χ1) is 10.1. The maximum atomic E-state index is 10.9. The molecule has 2 aliphatic heterocycles. The van der Waals surface area contributed by atoms with Crippen molar-refractivity contribution in [3.63, 3.8) is 0 Å². The molecule has 2 heterocycles. The van der Waals surface area contributed by atoms with Crippen LogP contribution >= 0.6 is 0 Å². The van der Waals surface area contributed by atoms with Crippen LogP contribution in [0, 0.1) is 11.8 Å². The molecule has 0 aromatic heterocycles. The lowest BCUT2D eigenvalue weighted by Gasteiger charge is -2.39. The molecule has 2 fully saturated rings. The van der Waals surface area contributed by atoms with E-state index >= 15 is 0 Å².